The summed E-state index contributed by atoms with van der Waals surface area (Å²) >= 11 is 0. The van der Waals surface area contributed by atoms with Crippen molar-refractivity contribution in [3.63, 3.8) is 0 Å². The van der Waals surface area contributed by atoms with Gasteiger partial charge in [-0.15, -0.1) is 0 Å². The smallest absolute Gasteiger partial charge is 0.00172 e. The van der Waals surface area contributed by atoms with E-state index in [0.717, 1.165) is 11.8 Å². The van der Waals surface area contributed by atoms with E-state index in [-0.39, 0.29) is 7.43 Å². The fraction of sp³-hybridized carbons (Fsp3) is 1.00. The quantitative estimate of drug-likeness (QED) is 0.475. The van der Waals surface area contributed by atoms with Crippen molar-refractivity contribution in [2.75, 3.05) is 13.1 Å². The summed E-state index contributed by atoms with van der Waals surface area (Å²) in [5.41, 5.74) is 0. The highest BCUT2D eigenvalue weighted by molar-refractivity contribution is 4.94. The van der Waals surface area contributed by atoms with E-state index in [1.54, 1.807) is 0 Å². The van der Waals surface area contributed by atoms with E-state index in [9.17, 15) is 0 Å². The molecule has 2 atom stereocenters. The molecule has 2 fully saturated rings. The molecule has 0 aromatic rings. The zero-order chi connectivity index (χ0) is 3.98. The zero-order valence-corrected chi connectivity index (χ0v) is 3.78. The molecule has 1 saturated carbocycles. The summed E-state index contributed by atoms with van der Waals surface area (Å²) < 4.78 is 0. The van der Waals surface area contributed by atoms with Crippen molar-refractivity contribution in [2.24, 2.45) is 11.8 Å². The van der Waals surface area contributed by atoms with E-state index in [2.05, 4.69) is 5.32 Å². The molecule has 1 aliphatic carbocycles. The maximum atomic E-state index is 3.32. The lowest BCUT2D eigenvalue weighted by Crippen LogP contribution is -2.10. The normalized spacial score (nSPS) is 44.6. The van der Waals surface area contributed by atoms with Crippen LogP contribution in [-0.4, -0.2) is 13.1 Å². The molecule has 1 saturated heterocycles. The third-order valence-corrected chi connectivity index (χ3v) is 1.88. The number of rotatable bonds is 0. The van der Waals surface area contributed by atoms with Gasteiger partial charge < -0.3 is 5.32 Å². The topological polar surface area (TPSA) is 12.0 Å². The lowest BCUT2D eigenvalue weighted by molar-refractivity contribution is 0.732. The second kappa shape index (κ2) is 1.48. The molecule has 0 aromatic carbocycles. The predicted molar refractivity (Wildman–Crippen MR) is 31.2 cm³/mol. The van der Waals surface area contributed by atoms with Gasteiger partial charge in [0.25, 0.3) is 0 Å². The largest absolute Gasteiger partial charge is 0.316 e. The third kappa shape index (κ3) is 0.653. The first kappa shape index (κ1) is 5.10. The van der Waals surface area contributed by atoms with Crippen LogP contribution in [0.3, 0.4) is 0 Å². The van der Waals surface area contributed by atoms with Crippen molar-refractivity contribution in [3.05, 3.63) is 0 Å². The fourth-order valence-electron chi connectivity index (χ4n) is 1.26. The highest BCUT2D eigenvalue weighted by atomic mass is 14.9. The number of fused-ring (bicyclic) bond motifs is 1. The van der Waals surface area contributed by atoms with Crippen molar-refractivity contribution in [1.29, 1.82) is 0 Å². The van der Waals surface area contributed by atoms with Crippen LogP contribution in [0, 0.1) is 11.8 Å². The maximum Gasteiger partial charge on any atom is -0.00172 e. The molecule has 0 radical (unpaired) electrons. The molecule has 2 unspecified atom stereocenters. The summed E-state index contributed by atoms with van der Waals surface area (Å²) in [7, 11) is 0. The summed E-state index contributed by atoms with van der Waals surface area (Å²) in [6.07, 6.45) is 1.52. The number of hydrogen-bond donors (Lipinski definition) is 1. The Balaban J connectivity index is 0.000000245. The number of nitrogens with one attached hydrogen (secondary N) is 1. The van der Waals surface area contributed by atoms with E-state index in [0.29, 0.717) is 0 Å². The minimum atomic E-state index is 0. The van der Waals surface area contributed by atoms with Crippen LogP contribution in [0.25, 0.3) is 0 Å². The molecule has 0 aromatic heterocycles. The molecule has 1 heterocycles. The number of piperidine rings is 1. The van der Waals surface area contributed by atoms with Gasteiger partial charge >= 0.3 is 0 Å². The molecule has 1 nitrogen and oxygen atoms in total. The Kier molecular flexibility index (Phi) is 1.08. The second-order valence-electron chi connectivity index (χ2n) is 2.41. The van der Waals surface area contributed by atoms with Crippen molar-refractivity contribution < 1.29 is 0 Å². The van der Waals surface area contributed by atoms with Gasteiger partial charge in [-0.25, -0.2) is 0 Å². The Labute approximate surface area is 45.1 Å². The van der Waals surface area contributed by atoms with Gasteiger partial charge in [-0.1, -0.05) is 7.43 Å². The lowest BCUT2D eigenvalue weighted by Gasteiger charge is -1.87. The van der Waals surface area contributed by atoms with Crippen molar-refractivity contribution in [1.82, 2.24) is 5.32 Å². The highest BCUT2D eigenvalue weighted by Crippen LogP contribution is 2.40. The fourth-order valence-corrected chi connectivity index (χ4v) is 1.26. The van der Waals surface area contributed by atoms with Crippen LogP contribution in [0.5, 0.6) is 0 Å². The molecule has 7 heavy (non-hydrogen) atoms. The van der Waals surface area contributed by atoms with Crippen molar-refractivity contribution in [2.45, 2.75) is 13.8 Å². The zero-order valence-electron chi connectivity index (χ0n) is 3.78. The van der Waals surface area contributed by atoms with Gasteiger partial charge in [-0.2, -0.15) is 0 Å². The molecule has 42 valence electrons. The Bertz CT molecular complexity index is 62.6. The average molecular weight is 99.2 g/mol. The van der Waals surface area contributed by atoms with Gasteiger partial charge in [0, 0.05) is 0 Å². The molecular formula is C6H13N. The summed E-state index contributed by atoms with van der Waals surface area (Å²) in [6, 6.07) is 0. The molecule has 1 N–H and O–H groups in total. The Morgan fingerprint density at radius 2 is 1.71 bits per heavy atom. The predicted octanol–water partition coefficient (Wildman–Crippen LogP) is 0.862. The van der Waals surface area contributed by atoms with Gasteiger partial charge in [0.05, 0.1) is 0 Å². The maximum absolute atomic E-state index is 3.32. The molecule has 0 spiro atoms. The second-order valence-corrected chi connectivity index (χ2v) is 2.41. The van der Waals surface area contributed by atoms with Crippen molar-refractivity contribution in [3.8, 4) is 0 Å². The van der Waals surface area contributed by atoms with E-state index < -0.39 is 0 Å². The molecule has 2 aliphatic rings. The molecule has 0 amide bonds. The van der Waals surface area contributed by atoms with E-state index in [4.69, 9.17) is 0 Å². The van der Waals surface area contributed by atoms with E-state index >= 15 is 0 Å². The van der Waals surface area contributed by atoms with Gasteiger partial charge in [0.15, 0.2) is 0 Å². The summed E-state index contributed by atoms with van der Waals surface area (Å²) in [6.45, 7) is 2.62. The van der Waals surface area contributed by atoms with Crippen LogP contribution in [0.15, 0.2) is 0 Å². The van der Waals surface area contributed by atoms with Crippen LogP contribution >= 0.6 is 0 Å². The van der Waals surface area contributed by atoms with Gasteiger partial charge in [-0.3, -0.25) is 0 Å². The first-order valence-electron chi connectivity index (χ1n) is 2.67. The minimum absolute atomic E-state index is 0. The lowest BCUT2D eigenvalue weighted by atomic mass is 10.4. The molecule has 2 rings (SSSR count). The summed E-state index contributed by atoms with van der Waals surface area (Å²) in [5, 5.41) is 3.32. The Morgan fingerprint density at radius 1 is 1.14 bits per heavy atom. The molecular weight excluding hydrogens is 86.1 g/mol. The SMILES string of the molecule is C.C1NCC2CC12. The highest BCUT2D eigenvalue weighted by Gasteiger charge is 2.40. The third-order valence-electron chi connectivity index (χ3n) is 1.88. The monoisotopic (exact) mass is 99.1 g/mol. The van der Waals surface area contributed by atoms with E-state index in [1.165, 1.54) is 19.5 Å². The van der Waals surface area contributed by atoms with Crippen LogP contribution in [0.1, 0.15) is 13.8 Å². The van der Waals surface area contributed by atoms with Crippen LogP contribution in [-0.2, 0) is 0 Å². The standard InChI is InChI=1S/C5H9N.CH4/c1-4-2-6-3-5(1)4;/h4-6H,1-3H2;1H4. The first-order valence-corrected chi connectivity index (χ1v) is 2.67. The minimum Gasteiger partial charge on any atom is -0.316 e. The van der Waals surface area contributed by atoms with Gasteiger partial charge in [0.2, 0.25) is 0 Å². The molecule has 1 aliphatic heterocycles. The van der Waals surface area contributed by atoms with Crippen LogP contribution in [0.4, 0.5) is 0 Å². The molecule has 0 bridgehead atoms. The van der Waals surface area contributed by atoms with Crippen LogP contribution in [0.2, 0.25) is 0 Å². The molecule has 1 heteroatoms. The Morgan fingerprint density at radius 3 is 1.86 bits per heavy atom. The van der Waals surface area contributed by atoms with Crippen LogP contribution < -0.4 is 5.32 Å². The van der Waals surface area contributed by atoms with Crippen molar-refractivity contribution >= 4 is 0 Å². The Hall–Kier alpha value is -0.0400. The summed E-state index contributed by atoms with van der Waals surface area (Å²) in [4.78, 5) is 0. The van der Waals surface area contributed by atoms with Gasteiger partial charge in [0.1, 0.15) is 0 Å². The first-order chi connectivity index (χ1) is 2.97. The summed E-state index contributed by atoms with van der Waals surface area (Å²) in [5.74, 6) is 2.20. The average Bonchev–Trinajstić information content (AvgIpc) is 2.17. The number of hydrogen-bond acceptors (Lipinski definition) is 1. The van der Waals surface area contributed by atoms with E-state index in [1.807, 2.05) is 0 Å². The van der Waals surface area contributed by atoms with Gasteiger partial charge in [-0.05, 0) is 31.3 Å².